The summed E-state index contributed by atoms with van der Waals surface area (Å²) in [5.74, 6) is 4.07. The molecule has 0 bridgehead atoms. The van der Waals surface area contributed by atoms with Crippen LogP contribution < -0.4 is 0 Å². The second kappa shape index (κ2) is 4.95. The molecule has 0 saturated heterocycles. The maximum atomic E-state index is 12.4. The zero-order valence-electron chi connectivity index (χ0n) is 13.5. The Morgan fingerprint density at radius 3 is 2.62 bits per heavy atom. The fourth-order valence-electron chi connectivity index (χ4n) is 6.98. The molecule has 4 aliphatic rings. The average molecular weight is 400 g/mol. The maximum Gasteiger partial charge on any atom is 0.139 e. The lowest BCUT2D eigenvalue weighted by Gasteiger charge is -2.60. The molecule has 0 aromatic rings. The SMILES string of the molecule is C[C@]12CCC3C(CC[C@H]4C[C@H](I)CC[C@]34C)[C@@H]1CCC2=O. The molecule has 0 aliphatic heterocycles. The summed E-state index contributed by atoms with van der Waals surface area (Å²) in [6.45, 7) is 4.93. The van der Waals surface area contributed by atoms with Gasteiger partial charge in [-0.05, 0) is 80.5 Å². The van der Waals surface area contributed by atoms with Gasteiger partial charge in [-0.3, -0.25) is 4.79 Å². The number of fused-ring (bicyclic) bond motifs is 5. The maximum absolute atomic E-state index is 12.4. The van der Waals surface area contributed by atoms with Crippen LogP contribution in [0.5, 0.6) is 0 Å². The first-order valence-electron chi connectivity index (χ1n) is 9.12. The number of carbonyl (C=O) groups is 1. The first kappa shape index (κ1) is 15.0. The highest BCUT2D eigenvalue weighted by Crippen LogP contribution is 2.65. The van der Waals surface area contributed by atoms with Gasteiger partial charge in [-0.2, -0.15) is 0 Å². The molecule has 4 fully saturated rings. The molecular formula is C19H29IO. The van der Waals surface area contributed by atoms with Gasteiger partial charge in [0.2, 0.25) is 0 Å². The number of Topliss-reactive ketones (excluding diaryl/α,β-unsaturated/α-hetero) is 1. The lowest BCUT2D eigenvalue weighted by Crippen LogP contribution is -2.53. The van der Waals surface area contributed by atoms with Gasteiger partial charge in [0, 0.05) is 15.8 Å². The van der Waals surface area contributed by atoms with E-state index < -0.39 is 0 Å². The predicted molar refractivity (Wildman–Crippen MR) is 94.5 cm³/mol. The summed E-state index contributed by atoms with van der Waals surface area (Å²) in [6, 6.07) is 0. The molecule has 7 atom stereocenters. The van der Waals surface area contributed by atoms with Gasteiger partial charge >= 0.3 is 0 Å². The second-order valence-electron chi connectivity index (χ2n) is 8.95. The highest BCUT2D eigenvalue weighted by molar-refractivity contribution is 14.1. The van der Waals surface area contributed by atoms with Crippen molar-refractivity contribution in [3.8, 4) is 0 Å². The van der Waals surface area contributed by atoms with E-state index in [2.05, 4.69) is 36.4 Å². The zero-order chi connectivity index (χ0) is 14.8. The van der Waals surface area contributed by atoms with Gasteiger partial charge in [0.1, 0.15) is 5.78 Å². The van der Waals surface area contributed by atoms with E-state index >= 15 is 0 Å². The van der Waals surface area contributed by atoms with Gasteiger partial charge in [-0.25, -0.2) is 0 Å². The van der Waals surface area contributed by atoms with Gasteiger partial charge in [-0.15, -0.1) is 0 Å². The normalized spacial score (nSPS) is 56.5. The molecular weight excluding hydrogens is 371 g/mol. The molecule has 0 spiro atoms. The molecule has 0 aromatic heterocycles. The minimum absolute atomic E-state index is 0.0603. The Morgan fingerprint density at radius 1 is 1.00 bits per heavy atom. The average Bonchev–Trinajstić information content (AvgIpc) is 2.76. The Labute approximate surface area is 143 Å². The topological polar surface area (TPSA) is 17.1 Å². The molecule has 4 rings (SSSR count). The Kier molecular flexibility index (Phi) is 3.52. The van der Waals surface area contributed by atoms with Crippen LogP contribution in [0.4, 0.5) is 0 Å². The lowest BCUT2D eigenvalue weighted by atomic mass is 9.45. The highest BCUT2D eigenvalue weighted by atomic mass is 127. The first-order chi connectivity index (χ1) is 9.95. The molecule has 0 N–H and O–H groups in total. The molecule has 4 aliphatic carbocycles. The summed E-state index contributed by atoms with van der Waals surface area (Å²) >= 11 is 2.69. The van der Waals surface area contributed by atoms with Crippen LogP contribution in [0.3, 0.4) is 0 Å². The number of ketones is 1. The Bertz CT molecular complexity index is 460. The summed E-state index contributed by atoms with van der Waals surface area (Å²) < 4.78 is 0.916. The van der Waals surface area contributed by atoms with Crippen molar-refractivity contribution in [3.05, 3.63) is 0 Å². The monoisotopic (exact) mass is 400 g/mol. The van der Waals surface area contributed by atoms with Gasteiger partial charge in [0.05, 0.1) is 0 Å². The number of rotatable bonds is 0. The van der Waals surface area contributed by atoms with Gasteiger partial charge < -0.3 is 0 Å². The van der Waals surface area contributed by atoms with Crippen molar-refractivity contribution in [2.45, 2.75) is 75.6 Å². The Hall–Kier alpha value is 0.400. The highest BCUT2D eigenvalue weighted by Gasteiger charge is 2.59. The molecule has 118 valence electrons. The summed E-state index contributed by atoms with van der Waals surface area (Å²) in [4.78, 5) is 12.4. The minimum Gasteiger partial charge on any atom is -0.299 e. The van der Waals surface area contributed by atoms with Crippen molar-refractivity contribution in [1.82, 2.24) is 0 Å². The second-order valence-corrected chi connectivity index (χ2v) is 10.7. The number of carbonyl (C=O) groups excluding carboxylic acids is 1. The van der Waals surface area contributed by atoms with Crippen LogP contribution in [0, 0.1) is 34.5 Å². The van der Waals surface area contributed by atoms with Crippen LogP contribution in [-0.4, -0.2) is 9.71 Å². The van der Waals surface area contributed by atoms with Crippen LogP contribution in [0.15, 0.2) is 0 Å². The van der Waals surface area contributed by atoms with E-state index in [0.717, 1.165) is 34.0 Å². The Morgan fingerprint density at radius 2 is 1.81 bits per heavy atom. The van der Waals surface area contributed by atoms with Crippen molar-refractivity contribution >= 4 is 28.4 Å². The molecule has 0 radical (unpaired) electrons. The quantitative estimate of drug-likeness (QED) is 0.393. The van der Waals surface area contributed by atoms with Crippen LogP contribution in [0.1, 0.15) is 71.6 Å². The van der Waals surface area contributed by atoms with E-state index in [1.165, 1.54) is 51.4 Å². The van der Waals surface area contributed by atoms with Gasteiger partial charge in [0.25, 0.3) is 0 Å². The molecule has 0 aromatic carbocycles. The number of hydrogen-bond acceptors (Lipinski definition) is 1. The smallest absolute Gasteiger partial charge is 0.139 e. The van der Waals surface area contributed by atoms with E-state index in [1.807, 2.05) is 0 Å². The third-order valence-corrected chi connectivity index (χ3v) is 9.44. The van der Waals surface area contributed by atoms with Crippen molar-refractivity contribution < 1.29 is 4.79 Å². The summed E-state index contributed by atoms with van der Waals surface area (Å²) in [5, 5.41) is 0. The van der Waals surface area contributed by atoms with E-state index in [9.17, 15) is 4.79 Å². The van der Waals surface area contributed by atoms with Crippen LogP contribution in [-0.2, 0) is 4.79 Å². The van der Waals surface area contributed by atoms with E-state index in [1.54, 1.807) is 0 Å². The minimum atomic E-state index is 0.0603. The Balaban J connectivity index is 1.64. The molecule has 2 heteroatoms. The summed E-state index contributed by atoms with van der Waals surface area (Å²) in [7, 11) is 0. The molecule has 2 unspecified atom stereocenters. The third kappa shape index (κ3) is 2.03. The van der Waals surface area contributed by atoms with Gasteiger partial charge in [0.15, 0.2) is 0 Å². The van der Waals surface area contributed by atoms with Crippen molar-refractivity contribution in [2.24, 2.45) is 34.5 Å². The third-order valence-electron chi connectivity index (χ3n) is 8.31. The largest absolute Gasteiger partial charge is 0.299 e. The van der Waals surface area contributed by atoms with Crippen molar-refractivity contribution in [3.63, 3.8) is 0 Å². The first-order valence-corrected chi connectivity index (χ1v) is 10.4. The van der Waals surface area contributed by atoms with Gasteiger partial charge in [-0.1, -0.05) is 36.4 Å². The van der Waals surface area contributed by atoms with Crippen LogP contribution in [0.2, 0.25) is 0 Å². The lowest BCUT2D eigenvalue weighted by molar-refractivity contribution is -0.138. The van der Waals surface area contributed by atoms with Crippen molar-refractivity contribution in [2.75, 3.05) is 0 Å². The van der Waals surface area contributed by atoms with E-state index in [0.29, 0.717) is 11.2 Å². The van der Waals surface area contributed by atoms with E-state index in [-0.39, 0.29) is 5.41 Å². The fraction of sp³-hybridized carbons (Fsp3) is 0.947. The number of hydrogen-bond donors (Lipinski definition) is 0. The summed E-state index contributed by atoms with van der Waals surface area (Å²) in [6.07, 6.45) is 11.8. The van der Waals surface area contributed by atoms with Crippen molar-refractivity contribution in [1.29, 1.82) is 0 Å². The fourth-order valence-corrected chi connectivity index (χ4v) is 7.90. The van der Waals surface area contributed by atoms with Crippen LogP contribution >= 0.6 is 22.6 Å². The van der Waals surface area contributed by atoms with E-state index in [4.69, 9.17) is 0 Å². The molecule has 0 amide bonds. The summed E-state index contributed by atoms with van der Waals surface area (Å²) in [5.41, 5.74) is 0.655. The molecule has 1 nitrogen and oxygen atoms in total. The molecule has 0 heterocycles. The standard InChI is InChI=1S/C19H29IO/c1-18-9-7-13(20)11-12(18)3-4-14-15-5-6-17(21)19(15,2)10-8-16(14)18/h12-16H,3-11H2,1-2H3/t12-,13+,14?,15-,16?,18-,19-/m0/s1. The van der Waals surface area contributed by atoms with Crippen LogP contribution in [0.25, 0.3) is 0 Å². The molecule has 21 heavy (non-hydrogen) atoms. The molecule has 4 saturated carbocycles. The number of alkyl halides is 1. The predicted octanol–water partition coefficient (Wildman–Crippen LogP) is 5.40. The zero-order valence-corrected chi connectivity index (χ0v) is 15.7. The number of halogens is 1.